The molecule has 2 rings (SSSR count). The number of nitrogens with one attached hydrogen (secondary N) is 1. The van der Waals surface area contributed by atoms with Crippen molar-refractivity contribution in [3.63, 3.8) is 0 Å². The van der Waals surface area contributed by atoms with Gasteiger partial charge in [0.15, 0.2) is 0 Å². The lowest BCUT2D eigenvalue weighted by molar-refractivity contribution is -0.119. The first kappa shape index (κ1) is 14.5. The second-order valence-corrected chi connectivity index (χ2v) is 5.19. The molecule has 2 heterocycles. The Morgan fingerprint density at radius 3 is 3.05 bits per heavy atom. The van der Waals surface area contributed by atoms with Gasteiger partial charge in [-0.05, 0) is 13.8 Å². The van der Waals surface area contributed by atoms with Gasteiger partial charge in [0, 0.05) is 32.0 Å². The molecule has 1 aliphatic heterocycles. The molecule has 1 N–H and O–H groups in total. The summed E-state index contributed by atoms with van der Waals surface area (Å²) in [5.74, 6) is 0.166. The minimum atomic E-state index is 0.124. The summed E-state index contributed by atoms with van der Waals surface area (Å²) in [4.78, 5) is 12.1. The fraction of sp³-hybridized carbons (Fsp3) is 0.692. The van der Waals surface area contributed by atoms with Crippen molar-refractivity contribution >= 4 is 17.4 Å². The number of rotatable bonds is 5. The third kappa shape index (κ3) is 3.55. The monoisotopic (exact) mass is 285 g/mol. The Balaban J connectivity index is 1.98. The lowest BCUT2D eigenvalue weighted by atomic mass is 10.1. The molecule has 0 aromatic carbocycles. The van der Waals surface area contributed by atoms with E-state index in [1.807, 2.05) is 13.8 Å². The highest BCUT2D eigenvalue weighted by atomic mass is 35.5. The zero-order chi connectivity index (χ0) is 13.8. The van der Waals surface area contributed by atoms with Crippen LogP contribution in [-0.4, -0.2) is 41.4 Å². The fourth-order valence-corrected chi connectivity index (χ4v) is 2.52. The molecule has 1 aromatic heterocycles. The summed E-state index contributed by atoms with van der Waals surface area (Å²) < 4.78 is 7.15. The van der Waals surface area contributed by atoms with Crippen LogP contribution in [0.3, 0.4) is 0 Å². The first-order valence-corrected chi connectivity index (χ1v) is 7.04. The van der Waals surface area contributed by atoms with E-state index < -0.39 is 0 Å². The van der Waals surface area contributed by atoms with Crippen LogP contribution in [0.15, 0.2) is 0 Å². The Bertz CT molecular complexity index is 453. The molecule has 1 aromatic rings. The molecule has 1 fully saturated rings. The van der Waals surface area contributed by atoms with Crippen molar-refractivity contribution < 1.29 is 9.53 Å². The minimum absolute atomic E-state index is 0.124. The Morgan fingerprint density at radius 2 is 2.42 bits per heavy atom. The van der Waals surface area contributed by atoms with Crippen LogP contribution in [0.5, 0.6) is 0 Å². The first-order valence-electron chi connectivity index (χ1n) is 6.66. The van der Waals surface area contributed by atoms with Crippen LogP contribution in [-0.2, 0) is 22.5 Å². The van der Waals surface area contributed by atoms with Crippen molar-refractivity contribution in [2.24, 2.45) is 0 Å². The summed E-state index contributed by atoms with van der Waals surface area (Å²) in [7, 11) is 0. The highest BCUT2D eigenvalue weighted by molar-refractivity contribution is 6.32. The van der Waals surface area contributed by atoms with Gasteiger partial charge < -0.3 is 10.1 Å². The van der Waals surface area contributed by atoms with Gasteiger partial charge in [0.1, 0.15) is 5.78 Å². The number of Topliss-reactive ketones (excluding diaryl/α,β-unsaturated/α-hetero) is 1. The number of hydrogen-bond acceptors (Lipinski definition) is 4. The molecule has 19 heavy (non-hydrogen) atoms. The zero-order valence-corrected chi connectivity index (χ0v) is 12.2. The number of carbonyl (C=O) groups excluding carboxylic acids is 1. The van der Waals surface area contributed by atoms with Crippen LogP contribution >= 0.6 is 11.6 Å². The molecule has 0 amide bonds. The second kappa shape index (κ2) is 6.50. The summed E-state index contributed by atoms with van der Waals surface area (Å²) in [6, 6.07) is 0.124. The van der Waals surface area contributed by atoms with Crippen LogP contribution in [0.4, 0.5) is 0 Å². The van der Waals surface area contributed by atoms with E-state index in [1.165, 1.54) is 0 Å². The first-order chi connectivity index (χ1) is 9.11. The molecule has 6 heteroatoms. The molecule has 0 radical (unpaired) electrons. The van der Waals surface area contributed by atoms with Crippen molar-refractivity contribution in [1.29, 1.82) is 0 Å². The molecule has 1 saturated heterocycles. The number of hydrogen-bond donors (Lipinski definition) is 1. The summed E-state index contributed by atoms with van der Waals surface area (Å²) in [5, 5.41) is 8.22. The van der Waals surface area contributed by atoms with Crippen molar-refractivity contribution in [2.45, 2.75) is 39.3 Å². The van der Waals surface area contributed by atoms with Gasteiger partial charge in [-0.3, -0.25) is 9.48 Å². The average Bonchev–Trinajstić information content (AvgIpc) is 2.67. The number of carbonyl (C=O) groups is 1. The van der Waals surface area contributed by atoms with Crippen molar-refractivity contribution in [2.75, 3.05) is 19.8 Å². The lowest BCUT2D eigenvalue weighted by Gasteiger charge is -2.23. The molecule has 0 bridgehead atoms. The number of ketones is 1. The summed E-state index contributed by atoms with van der Waals surface area (Å²) in [5.41, 5.74) is 1.61. The molecule has 106 valence electrons. The van der Waals surface area contributed by atoms with Crippen LogP contribution in [0.1, 0.15) is 24.7 Å². The fourth-order valence-electron chi connectivity index (χ4n) is 2.32. The second-order valence-electron chi connectivity index (χ2n) is 4.81. The predicted octanol–water partition coefficient (Wildman–Crippen LogP) is 1.35. The predicted molar refractivity (Wildman–Crippen MR) is 73.6 cm³/mol. The van der Waals surface area contributed by atoms with Crippen molar-refractivity contribution in [3.8, 4) is 0 Å². The molecule has 0 aliphatic carbocycles. The van der Waals surface area contributed by atoms with E-state index in [2.05, 4.69) is 10.4 Å². The molecular formula is C13H20ClN3O2. The highest BCUT2D eigenvalue weighted by Crippen LogP contribution is 2.21. The Hall–Kier alpha value is -0.910. The Labute approximate surface area is 118 Å². The van der Waals surface area contributed by atoms with Crippen LogP contribution in [0, 0.1) is 6.92 Å². The van der Waals surface area contributed by atoms with Gasteiger partial charge in [0.25, 0.3) is 0 Å². The van der Waals surface area contributed by atoms with Gasteiger partial charge in [0.05, 0.1) is 29.6 Å². The summed E-state index contributed by atoms with van der Waals surface area (Å²) >= 11 is 6.20. The van der Waals surface area contributed by atoms with E-state index in [9.17, 15) is 4.79 Å². The molecule has 1 unspecified atom stereocenters. The maximum Gasteiger partial charge on any atom is 0.140 e. The SMILES string of the molecule is CCn1nc(C)c(Cl)c1CC(=O)CC1COCCN1. The maximum absolute atomic E-state index is 12.1. The summed E-state index contributed by atoms with van der Waals surface area (Å²) in [6.45, 7) is 6.71. The van der Waals surface area contributed by atoms with E-state index in [-0.39, 0.29) is 11.8 Å². The molecule has 1 aliphatic rings. The lowest BCUT2D eigenvalue weighted by Crippen LogP contribution is -2.42. The highest BCUT2D eigenvalue weighted by Gasteiger charge is 2.20. The van der Waals surface area contributed by atoms with E-state index in [0.717, 1.165) is 31.1 Å². The van der Waals surface area contributed by atoms with E-state index >= 15 is 0 Å². The molecule has 1 atom stereocenters. The molecule has 5 nitrogen and oxygen atoms in total. The minimum Gasteiger partial charge on any atom is -0.379 e. The number of aromatic nitrogens is 2. The van der Waals surface area contributed by atoms with E-state index in [1.54, 1.807) is 4.68 Å². The largest absolute Gasteiger partial charge is 0.379 e. The maximum atomic E-state index is 12.1. The number of morpholine rings is 1. The third-order valence-electron chi connectivity index (χ3n) is 3.29. The van der Waals surface area contributed by atoms with Gasteiger partial charge in [-0.15, -0.1) is 0 Å². The average molecular weight is 286 g/mol. The van der Waals surface area contributed by atoms with Crippen LogP contribution in [0.25, 0.3) is 0 Å². The number of aryl methyl sites for hydroxylation is 2. The van der Waals surface area contributed by atoms with Gasteiger partial charge >= 0.3 is 0 Å². The van der Waals surface area contributed by atoms with Gasteiger partial charge in [-0.1, -0.05) is 11.6 Å². The smallest absolute Gasteiger partial charge is 0.140 e. The van der Waals surface area contributed by atoms with Crippen LogP contribution in [0.2, 0.25) is 5.02 Å². The Kier molecular flexibility index (Phi) is 4.96. The number of nitrogens with zero attached hydrogens (tertiary/aromatic N) is 2. The summed E-state index contributed by atoms with van der Waals surface area (Å²) in [6.07, 6.45) is 0.815. The van der Waals surface area contributed by atoms with Gasteiger partial charge in [-0.2, -0.15) is 5.10 Å². The molecule has 0 saturated carbocycles. The standard InChI is InChI=1S/C13H20ClN3O2/c1-3-17-12(13(14)9(2)16-17)7-11(18)6-10-8-19-5-4-15-10/h10,15H,3-8H2,1-2H3. The van der Waals surface area contributed by atoms with Gasteiger partial charge in [0.2, 0.25) is 0 Å². The van der Waals surface area contributed by atoms with Crippen LogP contribution < -0.4 is 5.32 Å². The third-order valence-corrected chi connectivity index (χ3v) is 3.78. The zero-order valence-electron chi connectivity index (χ0n) is 11.4. The van der Waals surface area contributed by atoms with Gasteiger partial charge in [-0.25, -0.2) is 0 Å². The number of halogens is 1. The topological polar surface area (TPSA) is 56.2 Å². The molecule has 0 spiro atoms. The van der Waals surface area contributed by atoms with E-state index in [4.69, 9.17) is 16.3 Å². The molecular weight excluding hydrogens is 266 g/mol. The number of ether oxygens (including phenoxy) is 1. The van der Waals surface area contributed by atoms with Crippen molar-refractivity contribution in [1.82, 2.24) is 15.1 Å². The Morgan fingerprint density at radius 1 is 1.63 bits per heavy atom. The van der Waals surface area contributed by atoms with E-state index in [0.29, 0.717) is 24.5 Å². The van der Waals surface area contributed by atoms with Crippen molar-refractivity contribution in [3.05, 3.63) is 16.4 Å². The normalized spacial score (nSPS) is 19.6. The quantitative estimate of drug-likeness (QED) is 0.887.